The Hall–Kier alpha value is -1.72. The van der Waals surface area contributed by atoms with Gasteiger partial charge in [-0.15, -0.1) is 0 Å². The molecule has 0 bridgehead atoms. The van der Waals surface area contributed by atoms with Gasteiger partial charge in [0.1, 0.15) is 5.82 Å². The first kappa shape index (κ1) is 15.7. The second-order valence-corrected chi connectivity index (χ2v) is 5.28. The number of halogens is 1. The molecule has 1 N–H and O–H groups in total. The molecule has 0 aliphatic carbocycles. The van der Waals surface area contributed by atoms with Gasteiger partial charge in [0.25, 0.3) is 0 Å². The second-order valence-electron chi connectivity index (χ2n) is 5.28. The Morgan fingerprint density at radius 2 is 2.14 bits per heavy atom. The van der Waals surface area contributed by atoms with E-state index in [0.717, 1.165) is 23.5 Å². The molecular formula is C16H22FN3O. The molecule has 1 aromatic heterocycles. The van der Waals surface area contributed by atoms with Crippen molar-refractivity contribution in [1.29, 1.82) is 0 Å². The third kappa shape index (κ3) is 4.12. The summed E-state index contributed by atoms with van der Waals surface area (Å²) in [5.74, 6) is 0.133. The van der Waals surface area contributed by atoms with E-state index in [9.17, 15) is 4.39 Å². The monoisotopic (exact) mass is 291 g/mol. The molecule has 0 spiro atoms. The molecule has 0 aliphatic heterocycles. The van der Waals surface area contributed by atoms with Crippen LogP contribution in [-0.2, 0) is 11.3 Å². The summed E-state index contributed by atoms with van der Waals surface area (Å²) in [5.41, 5.74) is 2.80. The lowest BCUT2D eigenvalue weighted by atomic mass is 10.1. The first-order chi connectivity index (χ1) is 10.1. The van der Waals surface area contributed by atoms with Gasteiger partial charge < -0.3 is 10.1 Å². The van der Waals surface area contributed by atoms with Crippen molar-refractivity contribution in [3.05, 3.63) is 47.5 Å². The average molecular weight is 291 g/mol. The zero-order valence-electron chi connectivity index (χ0n) is 12.8. The van der Waals surface area contributed by atoms with Crippen molar-refractivity contribution in [2.24, 2.45) is 0 Å². The highest BCUT2D eigenvalue weighted by Gasteiger charge is 2.09. The summed E-state index contributed by atoms with van der Waals surface area (Å²) >= 11 is 0. The summed E-state index contributed by atoms with van der Waals surface area (Å²) in [6.07, 6.45) is 1.92. The molecule has 21 heavy (non-hydrogen) atoms. The van der Waals surface area contributed by atoms with Gasteiger partial charge in [-0.3, -0.25) is 0 Å². The Morgan fingerprint density at radius 3 is 2.81 bits per heavy atom. The lowest BCUT2D eigenvalue weighted by molar-refractivity contribution is 0.199. The molecule has 0 atom stereocenters. The number of methoxy groups -OCH3 is 1. The van der Waals surface area contributed by atoms with E-state index in [0.29, 0.717) is 19.1 Å². The number of hydrogen-bond donors (Lipinski definition) is 1. The predicted octanol–water partition coefficient (Wildman–Crippen LogP) is 2.87. The van der Waals surface area contributed by atoms with Gasteiger partial charge in [0.15, 0.2) is 0 Å². The van der Waals surface area contributed by atoms with Crippen LogP contribution in [0.2, 0.25) is 0 Å². The Morgan fingerprint density at radius 1 is 1.33 bits per heavy atom. The summed E-state index contributed by atoms with van der Waals surface area (Å²) in [4.78, 5) is 0. The van der Waals surface area contributed by atoms with Crippen molar-refractivity contribution in [2.75, 3.05) is 20.3 Å². The first-order valence-electron chi connectivity index (χ1n) is 7.16. The minimum atomic E-state index is -0.237. The van der Waals surface area contributed by atoms with Gasteiger partial charge in [-0.1, -0.05) is 13.8 Å². The van der Waals surface area contributed by atoms with Crippen LogP contribution in [0.15, 0.2) is 30.5 Å². The van der Waals surface area contributed by atoms with Crippen LogP contribution in [0.5, 0.6) is 0 Å². The summed E-state index contributed by atoms with van der Waals surface area (Å²) in [6, 6.07) is 6.77. The van der Waals surface area contributed by atoms with Gasteiger partial charge >= 0.3 is 0 Å². The molecule has 2 rings (SSSR count). The highest BCUT2D eigenvalue weighted by atomic mass is 19.1. The van der Waals surface area contributed by atoms with Gasteiger partial charge in [0.2, 0.25) is 0 Å². The number of nitrogens with zero attached hydrogens (tertiary/aromatic N) is 2. The van der Waals surface area contributed by atoms with Crippen molar-refractivity contribution in [3.63, 3.8) is 0 Å². The lowest BCUT2D eigenvalue weighted by Crippen LogP contribution is -2.19. The zero-order chi connectivity index (χ0) is 15.2. The number of aromatic nitrogens is 2. The maximum absolute atomic E-state index is 13.5. The van der Waals surface area contributed by atoms with Gasteiger partial charge in [-0.05, 0) is 35.7 Å². The summed E-state index contributed by atoms with van der Waals surface area (Å²) in [6.45, 7) is 6.13. The normalized spacial score (nSPS) is 11.3. The highest BCUT2D eigenvalue weighted by molar-refractivity contribution is 5.41. The highest BCUT2D eigenvalue weighted by Crippen LogP contribution is 2.18. The Bertz CT molecular complexity index is 581. The average Bonchev–Trinajstić information content (AvgIpc) is 2.93. The number of hydrogen-bond acceptors (Lipinski definition) is 3. The number of nitrogens with one attached hydrogen (secondary N) is 1. The van der Waals surface area contributed by atoms with Crippen LogP contribution in [0.1, 0.15) is 31.0 Å². The van der Waals surface area contributed by atoms with Crippen LogP contribution >= 0.6 is 0 Å². The fourth-order valence-corrected chi connectivity index (χ4v) is 2.10. The van der Waals surface area contributed by atoms with Crippen molar-refractivity contribution >= 4 is 0 Å². The molecule has 5 heteroatoms. The summed E-state index contributed by atoms with van der Waals surface area (Å²) in [5, 5.41) is 7.79. The molecule has 0 aliphatic rings. The van der Waals surface area contributed by atoms with Crippen molar-refractivity contribution in [3.8, 4) is 5.69 Å². The maximum atomic E-state index is 13.5. The molecule has 4 nitrogen and oxygen atoms in total. The van der Waals surface area contributed by atoms with E-state index in [1.807, 2.05) is 16.9 Å². The summed E-state index contributed by atoms with van der Waals surface area (Å²) < 4.78 is 20.3. The Kier molecular flexibility index (Phi) is 5.47. The van der Waals surface area contributed by atoms with Crippen LogP contribution in [-0.4, -0.2) is 30.0 Å². The van der Waals surface area contributed by atoms with E-state index < -0.39 is 0 Å². The molecule has 0 fully saturated rings. The Balaban J connectivity index is 2.20. The second kappa shape index (κ2) is 7.33. The fourth-order valence-electron chi connectivity index (χ4n) is 2.10. The molecule has 0 saturated heterocycles. The molecule has 1 aromatic carbocycles. The van der Waals surface area contributed by atoms with Crippen molar-refractivity contribution < 1.29 is 9.13 Å². The van der Waals surface area contributed by atoms with Gasteiger partial charge in [-0.25, -0.2) is 9.07 Å². The van der Waals surface area contributed by atoms with E-state index in [2.05, 4.69) is 24.3 Å². The minimum Gasteiger partial charge on any atom is -0.383 e. The molecule has 0 saturated carbocycles. The van der Waals surface area contributed by atoms with Crippen LogP contribution < -0.4 is 5.32 Å². The number of rotatable bonds is 7. The van der Waals surface area contributed by atoms with E-state index >= 15 is 0 Å². The lowest BCUT2D eigenvalue weighted by Gasteiger charge is -2.11. The maximum Gasteiger partial charge on any atom is 0.123 e. The largest absolute Gasteiger partial charge is 0.383 e. The van der Waals surface area contributed by atoms with Gasteiger partial charge in [0, 0.05) is 26.4 Å². The third-order valence-corrected chi connectivity index (χ3v) is 3.29. The zero-order valence-corrected chi connectivity index (χ0v) is 12.8. The van der Waals surface area contributed by atoms with E-state index in [-0.39, 0.29) is 5.82 Å². The molecule has 0 radical (unpaired) electrons. The minimum absolute atomic E-state index is 0.237. The molecule has 2 aromatic rings. The molecule has 1 heterocycles. The van der Waals surface area contributed by atoms with Gasteiger partial charge in [-0.2, -0.15) is 5.10 Å². The molecule has 0 unspecified atom stereocenters. The quantitative estimate of drug-likeness (QED) is 0.797. The first-order valence-corrected chi connectivity index (χ1v) is 7.16. The van der Waals surface area contributed by atoms with Crippen LogP contribution in [0.4, 0.5) is 4.39 Å². The smallest absolute Gasteiger partial charge is 0.123 e. The topological polar surface area (TPSA) is 39.1 Å². The fraction of sp³-hybridized carbons (Fsp3) is 0.438. The van der Waals surface area contributed by atoms with Crippen molar-refractivity contribution in [2.45, 2.75) is 26.3 Å². The van der Waals surface area contributed by atoms with Gasteiger partial charge in [0.05, 0.1) is 18.0 Å². The van der Waals surface area contributed by atoms with Crippen LogP contribution in [0.3, 0.4) is 0 Å². The standard InChI is InChI=1S/C16H22FN3O/c1-12(2)15-6-8-20(19-15)16-5-4-14(17)10-13(16)11-18-7-9-21-3/h4-6,8,10,12,18H,7,9,11H2,1-3H3. The predicted molar refractivity (Wildman–Crippen MR) is 81.2 cm³/mol. The third-order valence-electron chi connectivity index (χ3n) is 3.29. The van der Waals surface area contributed by atoms with E-state index in [1.54, 1.807) is 19.2 Å². The molecule has 0 amide bonds. The summed E-state index contributed by atoms with van der Waals surface area (Å²) in [7, 11) is 1.66. The number of ether oxygens (including phenoxy) is 1. The molecule has 114 valence electrons. The number of benzene rings is 1. The van der Waals surface area contributed by atoms with Crippen LogP contribution in [0, 0.1) is 5.82 Å². The van der Waals surface area contributed by atoms with E-state index in [4.69, 9.17) is 4.74 Å². The van der Waals surface area contributed by atoms with E-state index in [1.165, 1.54) is 6.07 Å². The molecular weight excluding hydrogens is 269 g/mol. The van der Waals surface area contributed by atoms with Crippen molar-refractivity contribution in [1.82, 2.24) is 15.1 Å². The SMILES string of the molecule is COCCNCc1cc(F)ccc1-n1ccc(C(C)C)n1. The Labute approximate surface area is 124 Å². The van der Waals surface area contributed by atoms with Crippen LogP contribution in [0.25, 0.3) is 5.69 Å².